The van der Waals surface area contributed by atoms with Crippen LogP contribution in [0.2, 0.25) is 0 Å². The summed E-state index contributed by atoms with van der Waals surface area (Å²) in [6.45, 7) is 0.999. The third-order valence-corrected chi connectivity index (χ3v) is 4.10. The van der Waals surface area contributed by atoms with Gasteiger partial charge in [0.05, 0.1) is 5.69 Å². The predicted octanol–water partition coefficient (Wildman–Crippen LogP) is 1.01. The van der Waals surface area contributed by atoms with E-state index in [-0.39, 0.29) is 11.4 Å². The molecule has 0 bridgehead atoms. The summed E-state index contributed by atoms with van der Waals surface area (Å²) in [4.78, 5) is 22.7. The normalized spacial score (nSPS) is 23.5. The molecule has 1 fully saturated rings. The number of carbonyl (C=O) groups excluding carboxylic acids is 1. The van der Waals surface area contributed by atoms with Crippen LogP contribution in [-0.4, -0.2) is 47.0 Å². The number of hydrogen-bond acceptors (Lipinski definition) is 4. The van der Waals surface area contributed by atoms with E-state index in [2.05, 4.69) is 20.2 Å². The third kappa shape index (κ3) is 2.92. The molecule has 0 radical (unpaired) electrons. The van der Waals surface area contributed by atoms with E-state index in [9.17, 15) is 4.79 Å². The van der Waals surface area contributed by atoms with Gasteiger partial charge in [0.25, 0.3) is 0 Å². The lowest BCUT2D eigenvalue weighted by Crippen LogP contribution is -2.53. The molecule has 1 aliphatic rings. The SMILES string of the molecule is CNC(=O)[C@]1(CCCc2cnccn2)CCCN1C. The van der Waals surface area contributed by atoms with E-state index < -0.39 is 0 Å². The highest BCUT2D eigenvalue weighted by Crippen LogP contribution is 2.32. The van der Waals surface area contributed by atoms with Crippen molar-refractivity contribution >= 4 is 5.91 Å². The topological polar surface area (TPSA) is 58.1 Å². The van der Waals surface area contributed by atoms with Gasteiger partial charge in [-0.3, -0.25) is 19.7 Å². The summed E-state index contributed by atoms with van der Waals surface area (Å²) in [7, 11) is 3.77. The maximum atomic E-state index is 12.2. The number of hydrogen-bond donors (Lipinski definition) is 1. The number of amides is 1. The molecule has 2 rings (SSSR count). The lowest BCUT2D eigenvalue weighted by Gasteiger charge is -2.34. The van der Waals surface area contributed by atoms with Crippen LogP contribution in [0.4, 0.5) is 0 Å². The summed E-state index contributed by atoms with van der Waals surface area (Å²) >= 11 is 0. The Morgan fingerprint density at radius 3 is 2.95 bits per heavy atom. The number of nitrogens with one attached hydrogen (secondary N) is 1. The van der Waals surface area contributed by atoms with E-state index in [0.29, 0.717) is 0 Å². The molecule has 1 aromatic rings. The molecular weight excluding hydrogens is 240 g/mol. The molecule has 0 aromatic carbocycles. The summed E-state index contributed by atoms with van der Waals surface area (Å²) in [6.07, 6.45) is 9.94. The van der Waals surface area contributed by atoms with Crippen LogP contribution in [0.15, 0.2) is 18.6 Å². The number of aromatic nitrogens is 2. The zero-order valence-corrected chi connectivity index (χ0v) is 11.7. The van der Waals surface area contributed by atoms with Gasteiger partial charge in [0, 0.05) is 25.6 Å². The van der Waals surface area contributed by atoms with Crippen LogP contribution >= 0.6 is 0 Å². The minimum Gasteiger partial charge on any atom is -0.358 e. The van der Waals surface area contributed by atoms with Gasteiger partial charge in [-0.05, 0) is 45.7 Å². The average Bonchev–Trinajstić information content (AvgIpc) is 2.81. The summed E-state index contributed by atoms with van der Waals surface area (Å²) < 4.78 is 0. The standard InChI is InChI=1S/C14H22N4O/c1-15-13(19)14(7-4-10-18(14)2)6-3-5-12-11-16-8-9-17-12/h8-9,11H,3-7,10H2,1-2H3,(H,15,19)/t14-/m0/s1. The molecule has 1 amide bonds. The summed E-state index contributed by atoms with van der Waals surface area (Å²) in [5.41, 5.74) is 0.673. The van der Waals surface area contributed by atoms with Gasteiger partial charge in [0.2, 0.25) is 5.91 Å². The van der Waals surface area contributed by atoms with Crippen LogP contribution in [0.3, 0.4) is 0 Å². The Morgan fingerprint density at radius 1 is 1.53 bits per heavy atom. The van der Waals surface area contributed by atoms with Crippen LogP contribution in [0.5, 0.6) is 0 Å². The maximum absolute atomic E-state index is 12.2. The number of carbonyl (C=O) groups is 1. The minimum atomic E-state index is -0.322. The van der Waals surface area contributed by atoms with Gasteiger partial charge >= 0.3 is 0 Å². The van der Waals surface area contributed by atoms with Crippen molar-refractivity contribution in [3.63, 3.8) is 0 Å². The molecule has 1 N–H and O–H groups in total. The van der Waals surface area contributed by atoms with Crippen LogP contribution in [-0.2, 0) is 11.2 Å². The molecule has 5 heteroatoms. The van der Waals surface area contributed by atoms with Crippen molar-refractivity contribution in [1.82, 2.24) is 20.2 Å². The highest BCUT2D eigenvalue weighted by atomic mass is 16.2. The number of rotatable bonds is 5. The monoisotopic (exact) mass is 262 g/mol. The second-order valence-corrected chi connectivity index (χ2v) is 5.19. The summed E-state index contributed by atoms with van der Waals surface area (Å²) in [6, 6.07) is 0. The first kappa shape index (κ1) is 13.9. The Bertz CT molecular complexity index is 423. The average molecular weight is 262 g/mol. The van der Waals surface area contributed by atoms with Gasteiger partial charge in [-0.1, -0.05) is 0 Å². The number of likely N-dealkylation sites (N-methyl/N-ethyl adjacent to an activating group) is 2. The van der Waals surface area contributed by atoms with Gasteiger partial charge < -0.3 is 5.32 Å². The summed E-state index contributed by atoms with van der Waals surface area (Å²) in [5.74, 6) is 0.145. The fourth-order valence-corrected chi connectivity index (χ4v) is 2.98. The zero-order chi connectivity index (χ0) is 13.7. The fraction of sp³-hybridized carbons (Fsp3) is 0.643. The second kappa shape index (κ2) is 6.10. The van der Waals surface area contributed by atoms with Crippen molar-refractivity contribution < 1.29 is 4.79 Å². The Labute approximate surface area is 114 Å². The van der Waals surface area contributed by atoms with Crippen LogP contribution in [0, 0.1) is 0 Å². The minimum absolute atomic E-state index is 0.145. The van der Waals surface area contributed by atoms with Gasteiger partial charge in [0.1, 0.15) is 5.54 Å². The van der Waals surface area contributed by atoms with Gasteiger partial charge in [-0.25, -0.2) is 0 Å². The van der Waals surface area contributed by atoms with Crippen molar-refractivity contribution in [3.05, 3.63) is 24.3 Å². The first-order valence-electron chi connectivity index (χ1n) is 6.87. The quantitative estimate of drug-likeness (QED) is 0.860. The van der Waals surface area contributed by atoms with Gasteiger partial charge in [-0.15, -0.1) is 0 Å². The van der Waals surface area contributed by atoms with Crippen molar-refractivity contribution in [2.24, 2.45) is 0 Å². The molecule has 19 heavy (non-hydrogen) atoms. The van der Waals surface area contributed by atoms with Gasteiger partial charge in [-0.2, -0.15) is 0 Å². The van der Waals surface area contributed by atoms with E-state index in [1.807, 2.05) is 7.05 Å². The maximum Gasteiger partial charge on any atom is 0.240 e. The van der Waals surface area contributed by atoms with Crippen LogP contribution in [0.25, 0.3) is 0 Å². The fourth-order valence-electron chi connectivity index (χ4n) is 2.98. The number of aryl methyl sites for hydroxylation is 1. The van der Waals surface area contributed by atoms with Crippen LogP contribution < -0.4 is 5.32 Å². The Hall–Kier alpha value is -1.49. The molecule has 1 saturated heterocycles. The first-order chi connectivity index (χ1) is 9.19. The third-order valence-electron chi connectivity index (χ3n) is 4.10. The molecule has 0 saturated carbocycles. The van der Waals surface area contributed by atoms with E-state index >= 15 is 0 Å². The largest absolute Gasteiger partial charge is 0.358 e. The number of likely N-dealkylation sites (tertiary alicyclic amines) is 1. The highest BCUT2D eigenvalue weighted by molar-refractivity contribution is 5.86. The van der Waals surface area contributed by atoms with Crippen molar-refractivity contribution in [3.8, 4) is 0 Å². The molecule has 1 aromatic heterocycles. The predicted molar refractivity (Wildman–Crippen MR) is 73.6 cm³/mol. The van der Waals surface area contributed by atoms with E-state index in [1.54, 1.807) is 25.6 Å². The highest BCUT2D eigenvalue weighted by Gasteiger charge is 2.44. The molecule has 104 valence electrons. The first-order valence-corrected chi connectivity index (χ1v) is 6.87. The summed E-state index contributed by atoms with van der Waals surface area (Å²) in [5, 5.41) is 2.82. The lowest BCUT2D eigenvalue weighted by atomic mass is 9.88. The van der Waals surface area contributed by atoms with Gasteiger partial charge in [0.15, 0.2) is 0 Å². The Morgan fingerprint density at radius 2 is 2.37 bits per heavy atom. The number of nitrogens with zero attached hydrogens (tertiary/aromatic N) is 3. The van der Waals surface area contributed by atoms with Crippen molar-refractivity contribution in [2.75, 3.05) is 20.6 Å². The molecule has 1 aliphatic heterocycles. The molecule has 2 heterocycles. The molecule has 0 aliphatic carbocycles. The molecule has 1 atom stereocenters. The van der Waals surface area contributed by atoms with E-state index in [0.717, 1.165) is 44.3 Å². The lowest BCUT2D eigenvalue weighted by molar-refractivity contribution is -0.131. The second-order valence-electron chi connectivity index (χ2n) is 5.19. The van der Waals surface area contributed by atoms with E-state index in [4.69, 9.17) is 0 Å². The van der Waals surface area contributed by atoms with Crippen LogP contribution in [0.1, 0.15) is 31.4 Å². The van der Waals surface area contributed by atoms with E-state index in [1.165, 1.54) is 0 Å². The zero-order valence-electron chi connectivity index (χ0n) is 11.7. The Kier molecular flexibility index (Phi) is 4.47. The molecule has 5 nitrogen and oxygen atoms in total. The molecule has 0 unspecified atom stereocenters. The molecular formula is C14H22N4O. The van der Waals surface area contributed by atoms with Crippen molar-refractivity contribution in [2.45, 2.75) is 37.6 Å². The Balaban J connectivity index is 1.96. The smallest absolute Gasteiger partial charge is 0.240 e. The molecule has 0 spiro atoms. The van der Waals surface area contributed by atoms with Crippen molar-refractivity contribution in [1.29, 1.82) is 0 Å².